The lowest BCUT2D eigenvalue weighted by Gasteiger charge is -2.31. The smallest absolute Gasteiger partial charge is 0.336 e. The highest BCUT2D eigenvalue weighted by atomic mass is 16.6. The van der Waals surface area contributed by atoms with Gasteiger partial charge in [-0.25, -0.2) is 4.79 Å². The summed E-state index contributed by atoms with van der Waals surface area (Å²) in [5.41, 5.74) is 2.12. The van der Waals surface area contributed by atoms with E-state index >= 15 is 0 Å². The largest absolute Gasteiger partial charge is 0.467 e. The zero-order chi connectivity index (χ0) is 14.7. The van der Waals surface area contributed by atoms with E-state index in [2.05, 4.69) is 9.72 Å². The number of hydrogen-bond acceptors (Lipinski definition) is 5. The molecule has 1 aromatic heterocycles. The molecule has 2 heterocycles. The van der Waals surface area contributed by atoms with E-state index in [1.54, 1.807) is 24.0 Å². The summed E-state index contributed by atoms with van der Waals surface area (Å²) in [4.78, 5) is 29.8. The Balaban J connectivity index is 2.14. The van der Waals surface area contributed by atoms with Crippen LogP contribution in [0.1, 0.15) is 21.7 Å². The standard InChI is InChI=1S/C14H18N2O4/c1-9-4-5-11(10(2)15-9)13(17)16-6-7-20-12(8-16)14(18)19-3/h4-5,12H,6-8H2,1-3H3. The summed E-state index contributed by atoms with van der Waals surface area (Å²) in [7, 11) is 1.31. The Morgan fingerprint density at radius 3 is 2.80 bits per heavy atom. The van der Waals surface area contributed by atoms with Gasteiger partial charge in [0.25, 0.3) is 5.91 Å². The fraction of sp³-hybridized carbons (Fsp3) is 0.500. The monoisotopic (exact) mass is 278 g/mol. The molecule has 0 radical (unpaired) electrons. The molecule has 0 spiro atoms. The van der Waals surface area contributed by atoms with Gasteiger partial charge >= 0.3 is 5.97 Å². The minimum absolute atomic E-state index is 0.132. The van der Waals surface area contributed by atoms with Gasteiger partial charge in [0.1, 0.15) is 0 Å². The number of morpholine rings is 1. The van der Waals surface area contributed by atoms with Crippen LogP contribution in [0.3, 0.4) is 0 Å². The lowest BCUT2D eigenvalue weighted by atomic mass is 10.1. The molecular formula is C14H18N2O4. The first kappa shape index (κ1) is 14.5. The van der Waals surface area contributed by atoms with Crippen LogP contribution in [-0.2, 0) is 14.3 Å². The molecule has 1 atom stereocenters. The van der Waals surface area contributed by atoms with E-state index in [1.165, 1.54) is 7.11 Å². The highest BCUT2D eigenvalue weighted by Gasteiger charge is 2.30. The Morgan fingerprint density at radius 1 is 1.40 bits per heavy atom. The Kier molecular flexibility index (Phi) is 4.34. The van der Waals surface area contributed by atoms with Gasteiger partial charge in [0.05, 0.1) is 31.5 Å². The first-order valence-electron chi connectivity index (χ1n) is 6.46. The Bertz CT molecular complexity index is 530. The number of amides is 1. The maximum Gasteiger partial charge on any atom is 0.336 e. The van der Waals surface area contributed by atoms with Gasteiger partial charge in [0.15, 0.2) is 6.10 Å². The van der Waals surface area contributed by atoms with Crippen molar-refractivity contribution in [2.75, 3.05) is 26.8 Å². The van der Waals surface area contributed by atoms with Crippen LogP contribution in [0.5, 0.6) is 0 Å². The number of nitrogens with zero attached hydrogens (tertiary/aromatic N) is 2. The van der Waals surface area contributed by atoms with Crippen molar-refractivity contribution < 1.29 is 19.1 Å². The molecule has 1 saturated heterocycles. The number of hydrogen-bond donors (Lipinski definition) is 0. The number of aromatic nitrogens is 1. The molecule has 1 aliphatic rings. The van der Waals surface area contributed by atoms with Crippen LogP contribution < -0.4 is 0 Å². The van der Waals surface area contributed by atoms with Crippen LogP contribution in [0.15, 0.2) is 12.1 Å². The number of ether oxygens (including phenoxy) is 2. The molecule has 20 heavy (non-hydrogen) atoms. The van der Waals surface area contributed by atoms with Crippen molar-refractivity contribution in [2.24, 2.45) is 0 Å². The maximum absolute atomic E-state index is 12.5. The topological polar surface area (TPSA) is 68.7 Å². The van der Waals surface area contributed by atoms with E-state index in [4.69, 9.17) is 4.74 Å². The predicted molar refractivity (Wildman–Crippen MR) is 71.4 cm³/mol. The first-order valence-corrected chi connectivity index (χ1v) is 6.46. The molecule has 6 heteroatoms. The van der Waals surface area contributed by atoms with Gasteiger partial charge in [-0.05, 0) is 26.0 Å². The van der Waals surface area contributed by atoms with Crippen molar-refractivity contribution in [3.8, 4) is 0 Å². The minimum Gasteiger partial charge on any atom is -0.467 e. The number of esters is 1. The average Bonchev–Trinajstić information content (AvgIpc) is 2.46. The highest BCUT2D eigenvalue weighted by Crippen LogP contribution is 2.14. The third kappa shape index (κ3) is 2.96. The summed E-state index contributed by atoms with van der Waals surface area (Å²) in [5.74, 6) is -0.589. The van der Waals surface area contributed by atoms with Gasteiger partial charge in [-0.1, -0.05) is 0 Å². The van der Waals surface area contributed by atoms with E-state index in [9.17, 15) is 9.59 Å². The number of aryl methyl sites for hydroxylation is 2. The van der Waals surface area contributed by atoms with Crippen LogP contribution in [0, 0.1) is 13.8 Å². The Morgan fingerprint density at radius 2 is 2.15 bits per heavy atom. The lowest BCUT2D eigenvalue weighted by molar-refractivity contribution is -0.158. The van der Waals surface area contributed by atoms with Crippen molar-refractivity contribution >= 4 is 11.9 Å². The van der Waals surface area contributed by atoms with Gasteiger partial charge in [-0.3, -0.25) is 9.78 Å². The summed E-state index contributed by atoms with van der Waals surface area (Å²) < 4.78 is 9.96. The second-order valence-corrected chi connectivity index (χ2v) is 4.72. The fourth-order valence-electron chi connectivity index (χ4n) is 2.19. The molecule has 1 unspecified atom stereocenters. The van der Waals surface area contributed by atoms with Gasteiger partial charge in [0.2, 0.25) is 0 Å². The number of carbonyl (C=O) groups is 2. The number of rotatable bonds is 2. The van der Waals surface area contributed by atoms with Gasteiger partial charge in [-0.15, -0.1) is 0 Å². The van der Waals surface area contributed by atoms with Gasteiger partial charge in [-0.2, -0.15) is 0 Å². The molecule has 1 amide bonds. The van der Waals surface area contributed by atoms with Crippen LogP contribution in [-0.4, -0.2) is 54.7 Å². The molecule has 0 saturated carbocycles. The molecule has 1 aliphatic heterocycles. The molecule has 2 rings (SSSR count). The number of carbonyl (C=O) groups excluding carboxylic acids is 2. The van der Waals surface area contributed by atoms with Crippen molar-refractivity contribution in [1.29, 1.82) is 0 Å². The SMILES string of the molecule is COC(=O)C1CN(C(=O)c2ccc(C)nc2C)CCO1. The molecule has 1 fully saturated rings. The molecule has 6 nitrogen and oxygen atoms in total. The number of methoxy groups -OCH3 is 1. The second-order valence-electron chi connectivity index (χ2n) is 4.72. The zero-order valence-corrected chi connectivity index (χ0v) is 11.9. The highest BCUT2D eigenvalue weighted by molar-refractivity contribution is 5.95. The average molecular weight is 278 g/mol. The normalized spacial score (nSPS) is 18.8. The fourth-order valence-corrected chi connectivity index (χ4v) is 2.19. The van der Waals surface area contributed by atoms with E-state index in [0.717, 1.165) is 5.69 Å². The Hall–Kier alpha value is -1.95. The van der Waals surface area contributed by atoms with Crippen molar-refractivity contribution in [2.45, 2.75) is 20.0 Å². The summed E-state index contributed by atoms with van der Waals surface area (Å²) in [6, 6.07) is 3.57. The summed E-state index contributed by atoms with van der Waals surface area (Å²) >= 11 is 0. The lowest BCUT2D eigenvalue weighted by Crippen LogP contribution is -2.49. The molecular weight excluding hydrogens is 260 g/mol. The molecule has 108 valence electrons. The summed E-state index contributed by atoms with van der Waals surface area (Å²) in [6.45, 7) is 4.67. The first-order chi connectivity index (χ1) is 9.52. The van der Waals surface area contributed by atoms with E-state index < -0.39 is 12.1 Å². The van der Waals surface area contributed by atoms with Crippen LogP contribution in [0.25, 0.3) is 0 Å². The van der Waals surface area contributed by atoms with E-state index in [0.29, 0.717) is 24.4 Å². The molecule has 0 N–H and O–H groups in total. The van der Waals surface area contributed by atoms with Crippen LogP contribution >= 0.6 is 0 Å². The van der Waals surface area contributed by atoms with E-state index in [-0.39, 0.29) is 12.5 Å². The van der Waals surface area contributed by atoms with E-state index in [1.807, 2.05) is 6.92 Å². The molecule has 0 aliphatic carbocycles. The van der Waals surface area contributed by atoms with Crippen molar-refractivity contribution in [3.05, 3.63) is 29.1 Å². The quantitative estimate of drug-likeness (QED) is 0.745. The second kappa shape index (κ2) is 6.00. The summed E-state index contributed by atoms with van der Waals surface area (Å²) in [6.07, 6.45) is -0.712. The van der Waals surface area contributed by atoms with Crippen LogP contribution in [0.2, 0.25) is 0 Å². The Labute approximate surface area is 117 Å². The summed E-state index contributed by atoms with van der Waals surface area (Å²) in [5, 5.41) is 0. The zero-order valence-electron chi connectivity index (χ0n) is 11.9. The van der Waals surface area contributed by atoms with Crippen molar-refractivity contribution in [3.63, 3.8) is 0 Å². The predicted octanol–water partition coefficient (Wildman–Crippen LogP) is 0.712. The third-order valence-corrected chi connectivity index (χ3v) is 3.27. The number of pyridine rings is 1. The maximum atomic E-state index is 12.5. The van der Waals surface area contributed by atoms with Crippen molar-refractivity contribution in [1.82, 2.24) is 9.88 Å². The minimum atomic E-state index is -0.712. The molecule has 0 aromatic carbocycles. The van der Waals surface area contributed by atoms with Gasteiger partial charge in [0, 0.05) is 12.2 Å². The molecule has 1 aromatic rings. The molecule has 0 bridgehead atoms. The van der Waals surface area contributed by atoms with Gasteiger partial charge < -0.3 is 14.4 Å². The van der Waals surface area contributed by atoms with Crippen LogP contribution in [0.4, 0.5) is 0 Å². The third-order valence-electron chi connectivity index (χ3n) is 3.27.